The highest BCUT2D eigenvalue weighted by Gasteiger charge is 2.36. The molecular weight excluding hydrogens is 643 g/mol. The van der Waals surface area contributed by atoms with Crippen molar-refractivity contribution in [1.82, 2.24) is 4.90 Å². The summed E-state index contributed by atoms with van der Waals surface area (Å²) in [5.41, 5.74) is 2.54. The number of ether oxygens (including phenoxy) is 4. The molecular formula is C27H18ClIN2O6S. The normalized spacial score (nSPS) is 15.2. The number of halogens is 2. The highest BCUT2D eigenvalue weighted by Crippen LogP contribution is 2.40. The highest BCUT2D eigenvalue weighted by molar-refractivity contribution is 14.1. The number of rotatable bonds is 7. The van der Waals surface area contributed by atoms with Crippen molar-refractivity contribution in [2.75, 3.05) is 13.9 Å². The molecule has 0 unspecified atom stereocenters. The van der Waals surface area contributed by atoms with E-state index in [9.17, 15) is 14.9 Å². The minimum absolute atomic E-state index is 0.00921. The summed E-state index contributed by atoms with van der Waals surface area (Å²) in [5, 5.41) is 9.31. The number of imide groups is 1. The Morgan fingerprint density at radius 2 is 1.92 bits per heavy atom. The lowest BCUT2D eigenvalue weighted by Gasteiger charge is -2.15. The molecule has 0 bridgehead atoms. The van der Waals surface area contributed by atoms with Gasteiger partial charge in [0.25, 0.3) is 11.1 Å². The third-order valence-electron chi connectivity index (χ3n) is 5.80. The van der Waals surface area contributed by atoms with Gasteiger partial charge in [-0.2, -0.15) is 5.26 Å². The molecule has 8 nitrogen and oxygen atoms in total. The monoisotopic (exact) mass is 660 g/mol. The number of carbonyl (C=O) groups is 2. The van der Waals surface area contributed by atoms with E-state index in [1.54, 1.807) is 36.4 Å². The van der Waals surface area contributed by atoms with Crippen LogP contribution >= 0.6 is 46.0 Å². The maximum atomic E-state index is 13.1. The lowest BCUT2D eigenvalue weighted by molar-refractivity contribution is -0.123. The zero-order valence-electron chi connectivity index (χ0n) is 19.8. The largest absolute Gasteiger partial charge is 0.493 e. The molecule has 0 aliphatic carbocycles. The van der Waals surface area contributed by atoms with Crippen molar-refractivity contribution in [2.24, 2.45) is 0 Å². The van der Waals surface area contributed by atoms with Gasteiger partial charge in [0.15, 0.2) is 23.0 Å². The number of amides is 2. The van der Waals surface area contributed by atoms with E-state index in [2.05, 4.69) is 28.7 Å². The number of methoxy groups -OCH3 is 1. The molecule has 3 aromatic rings. The average molecular weight is 661 g/mol. The van der Waals surface area contributed by atoms with Crippen molar-refractivity contribution in [3.63, 3.8) is 0 Å². The second-order valence-corrected chi connectivity index (χ2v) is 10.7. The summed E-state index contributed by atoms with van der Waals surface area (Å²) in [6.07, 6.45) is 1.64. The topological polar surface area (TPSA) is 98.1 Å². The van der Waals surface area contributed by atoms with E-state index in [-0.39, 0.29) is 24.8 Å². The summed E-state index contributed by atoms with van der Waals surface area (Å²) in [6.45, 7) is 0.296. The quantitative estimate of drug-likeness (QED) is 0.213. The summed E-state index contributed by atoms with van der Waals surface area (Å²) in [7, 11) is 1.52. The van der Waals surface area contributed by atoms with E-state index >= 15 is 0 Å². The van der Waals surface area contributed by atoms with E-state index < -0.39 is 11.1 Å². The molecule has 2 aliphatic rings. The van der Waals surface area contributed by atoms with Crippen molar-refractivity contribution in [3.05, 3.63) is 84.3 Å². The van der Waals surface area contributed by atoms with Gasteiger partial charge in [-0.1, -0.05) is 29.8 Å². The predicted octanol–water partition coefficient (Wildman–Crippen LogP) is 6.37. The van der Waals surface area contributed by atoms with Crippen molar-refractivity contribution in [1.29, 1.82) is 5.26 Å². The number of thioether (sulfide) groups is 1. The Balaban J connectivity index is 1.35. The average Bonchev–Trinajstić information content (AvgIpc) is 3.46. The van der Waals surface area contributed by atoms with Crippen LogP contribution in [0.25, 0.3) is 6.08 Å². The molecule has 0 saturated carbocycles. The molecule has 2 heterocycles. The van der Waals surface area contributed by atoms with Gasteiger partial charge < -0.3 is 18.9 Å². The molecule has 1 fully saturated rings. The van der Waals surface area contributed by atoms with Gasteiger partial charge in [-0.25, -0.2) is 0 Å². The Hall–Kier alpha value is -3.40. The molecule has 1 saturated heterocycles. The number of nitriles is 1. The summed E-state index contributed by atoms with van der Waals surface area (Å²) < 4.78 is 23.0. The first-order chi connectivity index (χ1) is 18.4. The zero-order chi connectivity index (χ0) is 26.8. The number of carbonyl (C=O) groups excluding carboxylic acids is 2. The van der Waals surface area contributed by atoms with Gasteiger partial charge in [0, 0.05) is 16.7 Å². The van der Waals surface area contributed by atoms with Crippen molar-refractivity contribution in [2.45, 2.75) is 13.2 Å². The molecule has 0 aromatic heterocycles. The Labute approximate surface area is 241 Å². The van der Waals surface area contributed by atoms with Crippen LogP contribution in [-0.2, 0) is 17.9 Å². The van der Waals surface area contributed by atoms with Crippen molar-refractivity contribution < 1.29 is 28.5 Å². The van der Waals surface area contributed by atoms with Crippen molar-refractivity contribution >= 4 is 63.2 Å². The van der Waals surface area contributed by atoms with Crippen LogP contribution in [0.15, 0.2) is 53.4 Å². The van der Waals surface area contributed by atoms with Gasteiger partial charge in [0.1, 0.15) is 6.61 Å². The SMILES string of the molecule is COc1cc(/C=C2/SC(=O)N(Cc3cc4c(cc3Cl)OCO4)C2=O)cc(I)c1OCc1ccccc1C#N. The number of nitrogens with zero attached hydrogens (tertiary/aromatic N) is 2. The molecule has 38 heavy (non-hydrogen) atoms. The Bertz CT molecular complexity index is 1540. The van der Waals surface area contributed by atoms with Crippen LogP contribution in [0.4, 0.5) is 4.79 Å². The van der Waals surface area contributed by atoms with E-state index in [0.29, 0.717) is 44.7 Å². The van der Waals surface area contributed by atoms with Gasteiger partial charge in [0.2, 0.25) is 6.79 Å². The van der Waals surface area contributed by atoms with E-state index in [1.807, 2.05) is 18.2 Å². The lowest BCUT2D eigenvalue weighted by Crippen LogP contribution is -2.27. The molecule has 192 valence electrons. The summed E-state index contributed by atoms with van der Waals surface area (Å²) in [6, 6.07) is 16.2. The zero-order valence-corrected chi connectivity index (χ0v) is 23.6. The van der Waals surface area contributed by atoms with Gasteiger partial charge in [-0.15, -0.1) is 0 Å². The number of hydrogen-bond donors (Lipinski definition) is 0. The van der Waals surface area contributed by atoms with Crippen molar-refractivity contribution in [3.8, 4) is 29.1 Å². The first kappa shape index (κ1) is 26.2. The van der Waals surface area contributed by atoms with Crippen LogP contribution in [0.1, 0.15) is 22.3 Å². The molecule has 11 heteroatoms. The smallest absolute Gasteiger partial charge is 0.293 e. The molecule has 0 radical (unpaired) electrons. The third kappa shape index (κ3) is 5.27. The fourth-order valence-corrected chi connectivity index (χ4v) is 5.74. The fraction of sp³-hybridized carbons (Fsp3) is 0.148. The first-order valence-corrected chi connectivity index (χ1v) is 13.5. The fourth-order valence-electron chi connectivity index (χ4n) is 3.91. The Morgan fingerprint density at radius 1 is 1.16 bits per heavy atom. The summed E-state index contributed by atoms with van der Waals surface area (Å²) in [5.74, 6) is 1.61. The van der Waals surface area contributed by atoms with Crippen LogP contribution in [0, 0.1) is 14.9 Å². The van der Waals surface area contributed by atoms with Crippen LogP contribution in [0.3, 0.4) is 0 Å². The Morgan fingerprint density at radius 3 is 2.68 bits per heavy atom. The molecule has 0 atom stereocenters. The number of hydrogen-bond acceptors (Lipinski definition) is 8. The van der Waals surface area contributed by atoms with Crippen LogP contribution < -0.4 is 18.9 Å². The highest BCUT2D eigenvalue weighted by atomic mass is 127. The van der Waals surface area contributed by atoms with E-state index in [4.69, 9.17) is 30.5 Å². The lowest BCUT2D eigenvalue weighted by atomic mass is 10.1. The van der Waals surface area contributed by atoms with Gasteiger partial charge in [0.05, 0.1) is 33.8 Å². The third-order valence-corrected chi connectivity index (χ3v) is 7.86. The minimum Gasteiger partial charge on any atom is -0.493 e. The van der Waals surface area contributed by atoms with E-state index in [1.165, 1.54) is 7.11 Å². The van der Waals surface area contributed by atoms with E-state index in [0.717, 1.165) is 25.8 Å². The maximum absolute atomic E-state index is 13.1. The standard InChI is InChI=1S/C27H18ClIN2O6S/c1-34-23-7-15(6-20(29)25(23)35-13-17-5-3-2-4-16(17)11-30)8-24-26(32)31(27(33)38-24)12-18-9-21-22(10-19(18)28)37-14-36-21/h2-10H,12-14H2,1H3/b24-8+. The van der Waals surface area contributed by atoms with Gasteiger partial charge in [-0.05, 0) is 75.8 Å². The van der Waals surface area contributed by atoms with Gasteiger partial charge >= 0.3 is 0 Å². The summed E-state index contributed by atoms with van der Waals surface area (Å²) >= 11 is 9.33. The number of benzene rings is 3. The van der Waals surface area contributed by atoms with Crippen LogP contribution in [-0.4, -0.2) is 29.9 Å². The molecule has 2 amide bonds. The predicted molar refractivity (Wildman–Crippen MR) is 150 cm³/mol. The van der Waals surface area contributed by atoms with Crippen LogP contribution in [0.2, 0.25) is 5.02 Å². The minimum atomic E-state index is -0.420. The Kier molecular flexibility index (Phi) is 7.69. The molecule has 0 spiro atoms. The molecule has 3 aromatic carbocycles. The second-order valence-electron chi connectivity index (χ2n) is 8.16. The number of fused-ring (bicyclic) bond motifs is 1. The molecule has 5 rings (SSSR count). The summed E-state index contributed by atoms with van der Waals surface area (Å²) in [4.78, 5) is 27.3. The maximum Gasteiger partial charge on any atom is 0.293 e. The molecule has 2 aliphatic heterocycles. The first-order valence-electron chi connectivity index (χ1n) is 11.2. The van der Waals surface area contributed by atoms with Crippen LogP contribution in [0.5, 0.6) is 23.0 Å². The molecule has 0 N–H and O–H groups in total. The second kappa shape index (κ2) is 11.1. The van der Waals surface area contributed by atoms with Gasteiger partial charge in [-0.3, -0.25) is 14.5 Å².